The third-order valence-corrected chi connectivity index (χ3v) is 10.3. The van der Waals surface area contributed by atoms with Gasteiger partial charge in [-0.2, -0.15) is 36.5 Å². The number of hydrogen-bond donors (Lipinski definition) is 2. The fourth-order valence-electron chi connectivity index (χ4n) is 7.18. The SMILES string of the molecule is O=[N+]([O-])c1ccc2c(C(O)(Cn3cccn3)C(F)(F)F)cn(Cc3ccccc3)c2c1.O=[N+]([O-])c1ccc2c(C(O)(Cn3cccn3)C(F)(F)F)cn(Cc3ccccc3)c2c1. The number of nitro groups is 2. The van der Waals surface area contributed by atoms with Crippen molar-refractivity contribution in [3.05, 3.63) is 189 Å². The lowest BCUT2D eigenvalue weighted by molar-refractivity contribution is -0.384. The maximum atomic E-state index is 14.1. The summed E-state index contributed by atoms with van der Waals surface area (Å²) in [4.78, 5) is 21.3. The van der Waals surface area contributed by atoms with Gasteiger partial charge < -0.3 is 19.3 Å². The number of hydrogen-bond acceptors (Lipinski definition) is 8. The van der Waals surface area contributed by atoms with Gasteiger partial charge in [0.15, 0.2) is 0 Å². The van der Waals surface area contributed by atoms with Gasteiger partial charge in [0, 0.05) is 96.4 Å². The number of fused-ring (bicyclic) bond motifs is 2. The molecule has 0 saturated heterocycles. The molecule has 4 aromatic heterocycles. The zero-order valence-corrected chi connectivity index (χ0v) is 32.1. The first-order valence-electron chi connectivity index (χ1n) is 18.5. The molecular weight excluding hydrogens is 826 g/mol. The first-order chi connectivity index (χ1) is 29.4. The minimum Gasteiger partial charge on any atom is -0.375 e. The largest absolute Gasteiger partial charge is 0.423 e. The maximum Gasteiger partial charge on any atom is 0.423 e. The Morgan fingerprint density at radius 2 is 0.919 bits per heavy atom. The van der Waals surface area contributed by atoms with Crippen molar-refractivity contribution in [2.24, 2.45) is 0 Å². The van der Waals surface area contributed by atoms with Crippen LogP contribution < -0.4 is 0 Å². The Morgan fingerprint density at radius 3 is 1.23 bits per heavy atom. The summed E-state index contributed by atoms with van der Waals surface area (Å²) in [6.07, 6.45) is -2.34. The second-order valence-electron chi connectivity index (χ2n) is 14.4. The Morgan fingerprint density at radius 1 is 0.548 bits per heavy atom. The molecule has 2 atom stereocenters. The number of alkyl halides is 6. The van der Waals surface area contributed by atoms with Gasteiger partial charge in [0.05, 0.1) is 34.0 Å². The maximum absolute atomic E-state index is 14.1. The fraction of sp³-hybridized carbons (Fsp3) is 0.190. The van der Waals surface area contributed by atoms with Gasteiger partial charge in [0.25, 0.3) is 11.4 Å². The molecule has 0 amide bonds. The van der Waals surface area contributed by atoms with Gasteiger partial charge in [-0.1, -0.05) is 60.7 Å². The van der Waals surface area contributed by atoms with Crippen molar-refractivity contribution in [3.8, 4) is 0 Å². The van der Waals surface area contributed by atoms with Crippen LogP contribution in [0.25, 0.3) is 21.8 Å². The molecular formula is C42H34F6N8O6. The van der Waals surface area contributed by atoms with Gasteiger partial charge in [0.1, 0.15) is 0 Å². The molecule has 2 N–H and O–H groups in total. The predicted molar refractivity (Wildman–Crippen MR) is 213 cm³/mol. The minimum absolute atomic E-state index is 0.0773. The molecule has 0 saturated carbocycles. The van der Waals surface area contributed by atoms with E-state index >= 15 is 0 Å². The van der Waals surface area contributed by atoms with E-state index in [4.69, 9.17) is 0 Å². The van der Waals surface area contributed by atoms with Crippen LogP contribution in [0.1, 0.15) is 22.3 Å². The standard InChI is InChI=1S/2C21H17F3N4O3/c2*22-21(23,24)20(29,14-27-10-4-9-25-27)18-13-26(12-15-5-2-1-3-6-15)19-11-16(28(30)31)7-8-17(18)19/h2*1-11,13,29H,12,14H2. The summed E-state index contributed by atoms with van der Waals surface area (Å²) in [5, 5.41) is 52.1. The van der Waals surface area contributed by atoms with E-state index in [1.165, 1.54) is 82.7 Å². The van der Waals surface area contributed by atoms with Crippen LogP contribution in [-0.2, 0) is 37.4 Å². The summed E-state index contributed by atoms with van der Waals surface area (Å²) in [6, 6.07) is 28.0. The van der Waals surface area contributed by atoms with Crippen molar-refractivity contribution in [1.29, 1.82) is 0 Å². The molecule has 14 nitrogen and oxygen atoms in total. The van der Waals surface area contributed by atoms with Crippen LogP contribution in [0.2, 0.25) is 0 Å². The van der Waals surface area contributed by atoms with E-state index in [0.717, 1.165) is 32.6 Å². The van der Waals surface area contributed by atoms with Crippen LogP contribution in [0.4, 0.5) is 37.7 Å². The monoisotopic (exact) mass is 860 g/mol. The molecule has 0 aliphatic carbocycles. The lowest BCUT2D eigenvalue weighted by Crippen LogP contribution is -2.46. The number of aliphatic hydroxyl groups is 2. The lowest BCUT2D eigenvalue weighted by atomic mass is 9.92. The molecule has 0 bridgehead atoms. The Balaban J connectivity index is 0.000000186. The van der Waals surface area contributed by atoms with E-state index in [1.54, 1.807) is 60.7 Å². The van der Waals surface area contributed by atoms with E-state index in [-0.39, 0.29) is 46.3 Å². The molecule has 20 heteroatoms. The third-order valence-electron chi connectivity index (χ3n) is 10.3. The number of rotatable bonds is 12. The van der Waals surface area contributed by atoms with Gasteiger partial charge in [-0.25, -0.2) is 0 Å². The highest BCUT2D eigenvalue weighted by atomic mass is 19.4. The molecule has 8 aromatic rings. The number of halogens is 6. The second kappa shape index (κ2) is 16.6. The van der Waals surface area contributed by atoms with E-state index in [1.807, 2.05) is 0 Å². The van der Waals surface area contributed by atoms with Crippen LogP contribution in [0, 0.1) is 20.2 Å². The van der Waals surface area contributed by atoms with Gasteiger partial charge in [-0.3, -0.25) is 29.6 Å². The molecule has 4 heterocycles. The van der Waals surface area contributed by atoms with Gasteiger partial charge in [-0.05, 0) is 35.4 Å². The molecule has 2 unspecified atom stereocenters. The molecule has 0 fully saturated rings. The molecule has 0 aliphatic heterocycles. The average Bonchev–Trinajstić information content (AvgIpc) is 4.06. The first kappa shape index (κ1) is 42.8. The molecule has 62 heavy (non-hydrogen) atoms. The summed E-state index contributed by atoms with van der Waals surface area (Å²) in [5.74, 6) is 0. The summed E-state index contributed by atoms with van der Waals surface area (Å²) >= 11 is 0. The van der Waals surface area contributed by atoms with Crippen molar-refractivity contribution in [2.45, 2.75) is 49.7 Å². The highest BCUT2D eigenvalue weighted by Crippen LogP contribution is 2.46. The Bertz CT molecular complexity index is 2630. The second-order valence-corrected chi connectivity index (χ2v) is 14.4. The van der Waals surface area contributed by atoms with Crippen LogP contribution in [0.15, 0.2) is 146 Å². The van der Waals surface area contributed by atoms with Crippen molar-refractivity contribution in [3.63, 3.8) is 0 Å². The summed E-state index contributed by atoms with van der Waals surface area (Å²) in [7, 11) is 0. The summed E-state index contributed by atoms with van der Waals surface area (Å²) < 4.78 is 89.8. The molecule has 0 radical (unpaired) electrons. The minimum atomic E-state index is -5.02. The number of nitro benzene ring substituents is 2. The van der Waals surface area contributed by atoms with Gasteiger partial charge >= 0.3 is 12.4 Å². The lowest BCUT2D eigenvalue weighted by Gasteiger charge is -2.30. The van der Waals surface area contributed by atoms with E-state index in [0.29, 0.717) is 0 Å². The van der Waals surface area contributed by atoms with Crippen LogP contribution in [-0.4, -0.2) is 61.1 Å². The molecule has 320 valence electrons. The zero-order chi connectivity index (χ0) is 44.5. The Hall–Kier alpha value is -7.32. The Kier molecular flexibility index (Phi) is 11.5. The molecule has 0 aliphatic rings. The van der Waals surface area contributed by atoms with Crippen molar-refractivity contribution >= 4 is 33.2 Å². The third kappa shape index (κ3) is 8.50. The molecule has 4 aromatic carbocycles. The first-order valence-corrected chi connectivity index (χ1v) is 18.5. The normalized spacial score (nSPS) is 13.9. The smallest absolute Gasteiger partial charge is 0.375 e. The van der Waals surface area contributed by atoms with E-state index < -0.39 is 57.6 Å². The highest BCUT2D eigenvalue weighted by molar-refractivity contribution is 5.88. The van der Waals surface area contributed by atoms with Crippen LogP contribution in [0.3, 0.4) is 0 Å². The van der Waals surface area contributed by atoms with Crippen molar-refractivity contribution < 1.29 is 46.4 Å². The fourth-order valence-corrected chi connectivity index (χ4v) is 7.18. The van der Waals surface area contributed by atoms with E-state index in [2.05, 4.69) is 10.2 Å². The predicted octanol–water partition coefficient (Wildman–Crippen LogP) is 8.49. The van der Waals surface area contributed by atoms with E-state index in [9.17, 15) is 56.8 Å². The Labute approximate surface area is 346 Å². The molecule has 0 spiro atoms. The van der Waals surface area contributed by atoms with Crippen LogP contribution >= 0.6 is 0 Å². The molecule has 8 rings (SSSR count). The van der Waals surface area contributed by atoms with Crippen molar-refractivity contribution in [1.82, 2.24) is 28.7 Å². The number of non-ortho nitro benzene ring substituents is 2. The van der Waals surface area contributed by atoms with Crippen molar-refractivity contribution in [2.75, 3.05) is 0 Å². The number of nitrogens with zero attached hydrogens (tertiary/aromatic N) is 8. The summed E-state index contributed by atoms with van der Waals surface area (Å²) in [5.41, 5.74) is -5.78. The topological polar surface area (TPSA) is 172 Å². The van der Waals surface area contributed by atoms with Gasteiger partial charge in [-0.15, -0.1) is 0 Å². The number of aromatic nitrogens is 6. The highest BCUT2D eigenvalue weighted by Gasteiger charge is 2.58. The van der Waals surface area contributed by atoms with Crippen LogP contribution in [0.5, 0.6) is 0 Å². The quantitative estimate of drug-likeness (QED) is 0.0700. The average molecular weight is 861 g/mol. The zero-order valence-electron chi connectivity index (χ0n) is 32.1. The number of benzene rings is 4. The van der Waals surface area contributed by atoms with Gasteiger partial charge in [0.2, 0.25) is 11.2 Å². The summed E-state index contributed by atoms with van der Waals surface area (Å²) in [6.45, 7) is -1.36.